The van der Waals surface area contributed by atoms with Crippen LogP contribution in [0.25, 0.3) is 0 Å². The first-order valence-electron chi connectivity index (χ1n) is 8.18. The highest BCUT2D eigenvalue weighted by molar-refractivity contribution is 8.00. The number of fused-ring (bicyclic) bond motifs is 1. The standard InChI is InChI=1S/C18H22N4OS/c1-4-11-21-14(3)19-20-18(21)24-13(2)17(23)22-12-7-9-15-8-5-6-10-16(15)22/h4-6,8,10,13H,1,7,9,11-12H2,2-3H3. The van der Waals surface area contributed by atoms with Crippen LogP contribution in [0.1, 0.15) is 24.7 Å². The molecule has 1 aliphatic rings. The van der Waals surface area contributed by atoms with Gasteiger partial charge in [-0.1, -0.05) is 36.0 Å². The van der Waals surface area contributed by atoms with Crippen molar-refractivity contribution >= 4 is 23.4 Å². The Morgan fingerprint density at radius 3 is 3.00 bits per heavy atom. The van der Waals surface area contributed by atoms with Crippen molar-refractivity contribution in [2.24, 2.45) is 0 Å². The minimum absolute atomic E-state index is 0.123. The number of aromatic nitrogens is 3. The molecule has 6 heteroatoms. The topological polar surface area (TPSA) is 51.0 Å². The molecule has 1 unspecified atom stereocenters. The van der Waals surface area contributed by atoms with Gasteiger partial charge in [-0.05, 0) is 38.3 Å². The summed E-state index contributed by atoms with van der Waals surface area (Å²) in [5, 5.41) is 8.86. The number of hydrogen-bond donors (Lipinski definition) is 0. The predicted octanol–water partition coefficient (Wildman–Crippen LogP) is 3.23. The van der Waals surface area contributed by atoms with Crippen LogP contribution >= 0.6 is 11.8 Å². The maximum atomic E-state index is 13.0. The molecule has 24 heavy (non-hydrogen) atoms. The molecule has 0 aliphatic carbocycles. The number of rotatable bonds is 5. The quantitative estimate of drug-likeness (QED) is 0.618. The van der Waals surface area contributed by atoms with E-state index in [1.54, 1.807) is 0 Å². The van der Waals surface area contributed by atoms with Gasteiger partial charge in [0.1, 0.15) is 5.82 Å². The number of hydrogen-bond acceptors (Lipinski definition) is 4. The Bertz CT molecular complexity index is 755. The molecule has 126 valence electrons. The van der Waals surface area contributed by atoms with Gasteiger partial charge in [0, 0.05) is 18.8 Å². The van der Waals surface area contributed by atoms with E-state index in [1.165, 1.54) is 17.3 Å². The molecule has 2 aromatic rings. The number of anilines is 1. The van der Waals surface area contributed by atoms with Crippen LogP contribution in [0.3, 0.4) is 0 Å². The largest absolute Gasteiger partial charge is 0.311 e. The highest BCUT2D eigenvalue weighted by Gasteiger charge is 2.27. The van der Waals surface area contributed by atoms with E-state index in [4.69, 9.17) is 0 Å². The zero-order valence-electron chi connectivity index (χ0n) is 14.1. The summed E-state index contributed by atoms with van der Waals surface area (Å²) in [4.78, 5) is 14.9. The van der Waals surface area contributed by atoms with Crippen LogP contribution < -0.4 is 4.90 Å². The zero-order valence-corrected chi connectivity index (χ0v) is 14.9. The van der Waals surface area contributed by atoms with E-state index in [0.29, 0.717) is 6.54 Å². The average Bonchev–Trinajstić information content (AvgIpc) is 2.94. The molecule has 2 heterocycles. The van der Waals surface area contributed by atoms with Crippen LogP contribution in [-0.2, 0) is 17.8 Å². The summed E-state index contributed by atoms with van der Waals surface area (Å²) in [6.07, 6.45) is 3.86. The maximum absolute atomic E-state index is 13.0. The number of amides is 1. The third kappa shape index (κ3) is 3.24. The third-order valence-electron chi connectivity index (χ3n) is 4.22. The number of allylic oxidation sites excluding steroid dienone is 1. The van der Waals surface area contributed by atoms with Crippen molar-refractivity contribution in [3.63, 3.8) is 0 Å². The van der Waals surface area contributed by atoms with E-state index >= 15 is 0 Å². The van der Waals surface area contributed by atoms with E-state index in [-0.39, 0.29) is 11.2 Å². The molecule has 0 radical (unpaired) electrons. The van der Waals surface area contributed by atoms with Crippen LogP contribution in [0, 0.1) is 6.92 Å². The Morgan fingerprint density at radius 1 is 1.42 bits per heavy atom. The van der Waals surface area contributed by atoms with Crippen LogP contribution in [0.4, 0.5) is 5.69 Å². The SMILES string of the molecule is C=CCn1c(C)nnc1SC(C)C(=O)N1CCCc2ccccc21. The molecule has 5 nitrogen and oxygen atoms in total. The minimum atomic E-state index is -0.219. The smallest absolute Gasteiger partial charge is 0.240 e. The summed E-state index contributed by atoms with van der Waals surface area (Å²) < 4.78 is 1.98. The van der Waals surface area contributed by atoms with E-state index < -0.39 is 0 Å². The molecule has 1 amide bonds. The molecule has 0 saturated carbocycles. The van der Waals surface area contributed by atoms with Crippen molar-refractivity contribution in [2.75, 3.05) is 11.4 Å². The van der Waals surface area contributed by atoms with E-state index in [0.717, 1.165) is 36.1 Å². The summed E-state index contributed by atoms with van der Waals surface area (Å²) in [7, 11) is 0. The van der Waals surface area contributed by atoms with Crippen molar-refractivity contribution in [3.8, 4) is 0 Å². The van der Waals surface area contributed by atoms with Crippen molar-refractivity contribution < 1.29 is 4.79 Å². The molecule has 0 spiro atoms. The molecule has 1 aromatic heterocycles. The highest BCUT2D eigenvalue weighted by atomic mass is 32.2. The number of para-hydroxylation sites is 1. The number of carbonyl (C=O) groups excluding carboxylic acids is 1. The maximum Gasteiger partial charge on any atom is 0.240 e. The Kier molecular flexibility index (Phi) is 5.04. The molecule has 0 N–H and O–H groups in total. The second kappa shape index (κ2) is 7.21. The van der Waals surface area contributed by atoms with Gasteiger partial charge in [0.05, 0.1) is 5.25 Å². The van der Waals surface area contributed by atoms with Crippen LogP contribution in [-0.4, -0.2) is 32.5 Å². The molecule has 1 atom stereocenters. The first kappa shape index (κ1) is 16.8. The Balaban J connectivity index is 1.78. The lowest BCUT2D eigenvalue weighted by molar-refractivity contribution is -0.117. The first-order valence-corrected chi connectivity index (χ1v) is 9.06. The molecule has 3 rings (SSSR count). The summed E-state index contributed by atoms with van der Waals surface area (Å²) >= 11 is 1.46. The second-order valence-electron chi connectivity index (χ2n) is 5.91. The normalized spacial score (nSPS) is 15.0. The molecule has 0 saturated heterocycles. The first-order chi connectivity index (χ1) is 11.6. The zero-order chi connectivity index (χ0) is 17.1. The van der Waals surface area contributed by atoms with Crippen molar-refractivity contribution in [1.82, 2.24) is 14.8 Å². The molecule has 0 fully saturated rings. The number of benzene rings is 1. The lowest BCUT2D eigenvalue weighted by atomic mass is 10.0. The molecule has 1 aromatic carbocycles. The summed E-state index contributed by atoms with van der Waals surface area (Å²) in [6.45, 7) is 9.04. The molecular formula is C18H22N4OS. The summed E-state index contributed by atoms with van der Waals surface area (Å²) in [5.74, 6) is 0.957. The fraction of sp³-hybridized carbons (Fsp3) is 0.389. The van der Waals surface area contributed by atoms with E-state index in [1.807, 2.05) is 47.6 Å². The lowest BCUT2D eigenvalue weighted by Crippen LogP contribution is -2.40. The Labute approximate surface area is 146 Å². The van der Waals surface area contributed by atoms with Gasteiger partial charge in [0.2, 0.25) is 5.91 Å². The van der Waals surface area contributed by atoms with Crippen LogP contribution in [0.2, 0.25) is 0 Å². The fourth-order valence-corrected chi connectivity index (χ4v) is 3.94. The van der Waals surface area contributed by atoms with Crippen LogP contribution in [0.15, 0.2) is 42.1 Å². The lowest BCUT2D eigenvalue weighted by Gasteiger charge is -2.31. The van der Waals surface area contributed by atoms with Gasteiger partial charge in [-0.15, -0.1) is 16.8 Å². The van der Waals surface area contributed by atoms with Gasteiger partial charge in [-0.25, -0.2) is 0 Å². The molecule has 0 bridgehead atoms. The van der Waals surface area contributed by atoms with Crippen LogP contribution in [0.5, 0.6) is 0 Å². The van der Waals surface area contributed by atoms with Crippen molar-refractivity contribution in [1.29, 1.82) is 0 Å². The average molecular weight is 342 g/mol. The van der Waals surface area contributed by atoms with E-state index in [2.05, 4.69) is 22.8 Å². The Morgan fingerprint density at radius 2 is 2.21 bits per heavy atom. The predicted molar refractivity (Wildman–Crippen MR) is 97.4 cm³/mol. The van der Waals surface area contributed by atoms with E-state index in [9.17, 15) is 4.79 Å². The summed E-state index contributed by atoms with van der Waals surface area (Å²) in [6, 6.07) is 8.17. The number of nitrogens with zero attached hydrogens (tertiary/aromatic N) is 4. The van der Waals surface area contributed by atoms with Gasteiger partial charge in [0.15, 0.2) is 5.16 Å². The number of thioether (sulfide) groups is 1. The minimum Gasteiger partial charge on any atom is -0.311 e. The summed E-state index contributed by atoms with van der Waals surface area (Å²) in [5.41, 5.74) is 2.30. The molecule has 1 aliphatic heterocycles. The molecular weight excluding hydrogens is 320 g/mol. The Hall–Kier alpha value is -2.08. The van der Waals surface area contributed by atoms with Gasteiger partial charge in [-0.2, -0.15) is 0 Å². The second-order valence-corrected chi connectivity index (χ2v) is 7.22. The number of carbonyl (C=O) groups is 1. The number of aryl methyl sites for hydroxylation is 2. The third-order valence-corrected chi connectivity index (χ3v) is 5.29. The highest BCUT2D eigenvalue weighted by Crippen LogP contribution is 2.30. The van der Waals surface area contributed by atoms with Gasteiger partial charge >= 0.3 is 0 Å². The van der Waals surface area contributed by atoms with Crippen molar-refractivity contribution in [3.05, 3.63) is 48.3 Å². The monoisotopic (exact) mass is 342 g/mol. The van der Waals surface area contributed by atoms with Gasteiger partial charge in [-0.3, -0.25) is 4.79 Å². The van der Waals surface area contributed by atoms with Gasteiger partial charge in [0.25, 0.3) is 0 Å². The van der Waals surface area contributed by atoms with Gasteiger partial charge < -0.3 is 9.47 Å². The fourth-order valence-electron chi connectivity index (χ4n) is 2.98. The van der Waals surface area contributed by atoms with Crippen molar-refractivity contribution in [2.45, 2.75) is 43.6 Å².